The van der Waals surface area contributed by atoms with Crippen molar-refractivity contribution in [1.82, 2.24) is 5.43 Å². The number of phenolic OH excluding ortho intramolecular Hbond substituents is 1. The summed E-state index contributed by atoms with van der Waals surface area (Å²) in [7, 11) is 0. The molecule has 0 bridgehead atoms. The van der Waals surface area contributed by atoms with Gasteiger partial charge in [0.25, 0.3) is 5.91 Å². The summed E-state index contributed by atoms with van der Waals surface area (Å²) in [6.07, 6.45) is 3.83. The molecule has 6 heteroatoms. The number of benzene rings is 1. The first-order chi connectivity index (χ1) is 9.15. The van der Waals surface area contributed by atoms with Crippen molar-refractivity contribution < 1.29 is 14.8 Å². The number of nitrogens with zero attached hydrogens (tertiary/aromatic N) is 1. The molecule has 1 amide bonds. The van der Waals surface area contributed by atoms with Gasteiger partial charge in [-0.05, 0) is 18.2 Å². The average Bonchev–Trinajstić information content (AvgIpc) is 2.86. The van der Waals surface area contributed by atoms with Gasteiger partial charge in [0.2, 0.25) is 0 Å². The molecule has 1 aliphatic heterocycles. The molecule has 1 fully saturated rings. The van der Waals surface area contributed by atoms with Gasteiger partial charge in [-0.1, -0.05) is 15.9 Å². The zero-order chi connectivity index (χ0) is 13.7. The van der Waals surface area contributed by atoms with Crippen LogP contribution in [0.15, 0.2) is 27.8 Å². The third kappa shape index (κ3) is 4.33. The van der Waals surface area contributed by atoms with Crippen molar-refractivity contribution in [3.63, 3.8) is 0 Å². The smallest absolute Gasteiger partial charge is 0.295 e. The number of carbonyl (C=O) groups excluding carboxylic acids is 1. The van der Waals surface area contributed by atoms with E-state index in [1.807, 2.05) is 0 Å². The normalized spacial score (nSPS) is 16.1. The number of amides is 1. The number of likely N-dealkylation sites (tertiary alicyclic amines) is 1. The molecular formula is C13H17BrN3O2+. The minimum Gasteiger partial charge on any atom is -0.507 e. The minimum absolute atomic E-state index is 0.0948. The van der Waals surface area contributed by atoms with Crippen LogP contribution >= 0.6 is 15.9 Å². The summed E-state index contributed by atoms with van der Waals surface area (Å²) >= 11 is 3.31. The van der Waals surface area contributed by atoms with Gasteiger partial charge in [-0.25, -0.2) is 5.43 Å². The molecule has 0 aromatic heterocycles. The maximum absolute atomic E-state index is 11.6. The quantitative estimate of drug-likeness (QED) is 0.550. The molecule has 0 aliphatic carbocycles. The van der Waals surface area contributed by atoms with E-state index < -0.39 is 0 Å². The van der Waals surface area contributed by atoms with Gasteiger partial charge in [-0.2, -0.15) is 5.10 Å². The number of carbonyl (C=O) groups is 1. The number of aromatic hydroxyl groups is 1. The fraction of sp³-hybridized carbons (Fsp3) is 0.385. The van der Waals surface area contributed by atoms with Crippen LogP contribution in [0.2, 0.25) is 0 Å². The highest BCUT2D eigenvalue weighted by Crippen LogP contribution is 2.19. The van der Waals surface area contributed by atoms with Gasteiger partial charge in [0.1, 0.15) is 5.75 Å². The molecule has 0 radical (unpaired) electrons. The van der Waals surface area contributed by atoms with Crippen molar-refractivity contribution in [3.8, 4) is 5.75 Å². The van der Waals surface area contributed by atoms with Crippen LogP contribution in [0.4, 0.5) is 0 Å². The summed E-state index contributed by atoms with van der Waals surface area (Å²) in [6, 6.07) is 5.04. The van der Waals surface area contributed by atoms with Crippen LogP contribution in [0.3, 0.4) is 0 Å². The van der Waals surface area contributed by atoms with Gasteiger partial charge in [-0.3, -0.25) is 4.79 Å². The van der Waals surface area contributed by atoms with Crippen molar-refractivity contribution in [1.29, 1.82) is 0 Å². The summed E-state index contributed by atoms with van der Waals surface area (Å²) in [5.74, 6) is 0.0361. The first-order valence-electron chi connectivity index (χ1n) is 6.29. The van der Waals surface area contributed by atoms with E-state index in [4.69, 9.17) is 0 Å². The second-order valence-corrected chi connectivity index (χ2v) is 5.55. The maximum Gasteiger partial charge on any atom is 0.295 e. The topological polar surface area (TPSA) is 66.1 Å². The van der Waals surface area contributed by atoms with Crippen molar-refractivity contribution in [2.75, 3.05) is 19.6 Å². The molecule has 3 N–H and O–H groups in total. The monoisotopic (exact) mass is 326 g/mol. The molecule has 19 heavy (non-hydrogen) atoms. The van der Waals surface area contributed by atoms with Crippen LogP contribution < -0.4 is 10.3 Å². The number of nitrogens with one attached hydrogen (secondary N) is 2. The van der Waals surface area contributed by atoms with Gasteiger partial charge in [0, 0.05) is 22.9 Å². The number of halogens is 1. The van der Waals surface area contributed by atoms with E-state index in [9.17, 15) is 9.90 Å². The Labute approximate surface area is 120 Å². The summed E-state index contributed by atoms with van der Waals surface area (Å²) in [4.78, 5) is 12.9. The average molecular weight is 327 g/mol. The van der Waals surface area contributed by atoms with Crippen molar-refractivity contribution >= 4 is 28.1 Å². The lowest BCUT2D eigenvalue weighted by atomic mass is 10.2. The lowest BCUT2D eigenvalue weighted by Gasteiger charge is -2.09. The molecule has 1 aliphatic rings. The van der Waals surface area contributed by atoms with Crippen LogP contribution in [0.25, 0.3) is 0 Å². The molecule has 0 spiro atoms. The Morgan fingerprint density at radius 1 is 1.47 bits per heavy atom. The Balaban J connectivity index is 1.85. The molecule has 2 rings (SSSR count). The first kappa shape index (κ1) is 14.0. The number of rotatable bonds is 4. The highest BCUT2D eigenvalue weighted by molar-refractivity contribution is 9.10. The third-order valence-electron chi connectivity index (χ3n) is 3.10. The summed E-state index contributed by atoms with van der Waals surface area (Å²) in [6.45, 7) is 2.58. The predicted octanol–water partition coefficient (Wildman–Crippen LogP) is 0.284. The van der Waals surface area contributed by atoms with Gasteiger partial charge in [0.05, 0.1) is 19.3 Å². The van der Waals surface area contributed by atoms with Crippen LogP contribution in [0.1, 0.15) is 18.4 Å². The highest BCUT2D eigenvalue weighted by atomic mass is 79.9. The van der Waals surface area contributed by atoms with Gasteiger partial charge >= 0.3 is 0 Å². The second kappa shape index (κ2) is 6.68. The SMILES string of the molecule is O=C(C[NH+]1CCCC1)NN=Cc1cc(Br)ccc1O. The van der Waals surface area contributed by atoms with E-state index in [0.717, 1.165) is 17.6 Å². The Morgan fingerprint density at radius 3 is 2.95 bits per heavy atom. The van der Waals surface area contributed by atoms with E-state index in [-0.39, 0.29) is 11.7 Å². The Morgan fingerprint density at radius 2 is 2.21 bits per heavy atom. The van der Waals surface area contributed by atoms with E-state index in [0.29, 0.717) is 12.1 Å². The fourth-order valence-corrected chi connectivity index (χ4v) is 2.50. The molecule has 1 aromatic carbocycles. The zero-order valence-electron chi connectivity index (χ0n) is 10.5. The lowest BCUT2D eigenvalue weighted by Crippen LogP contribution is -3.11. The van der Waals surface area contributed by atoms with Gasteiger partial charge < -0.3 is 10.0 Å². The molecule has 0 unspecified atom stereocenters. The van der Waals surface area contributed by atoms with Crippen molar-refractivity contribution in [2.45, 2.75) is 12.8 Å². The summed E-state index contributed by atoms with van der Waals surface area (Å²) in [5, 5.41) is 13.5. The number of hydrogen-bond acceptors (Lipinski definition) is 3. The van der Waals surface area contributed by atoms with Crippen molar-refractivity contribution in [3.05, 3.63) is 28.2 Å². The molecule has 102 valence electrons. The van der Waals surface area contributed by atoms with Crippen LogP contribution in [-0.4, -0.2) is 36.9 Å². The van der Waals surface area contributed by atoms with E-state index in [2.05, 4.69) is 26.5 Å². The Hall–Kier alpha value is -1.40. The van der Waals surface area contributed by atoms with E-state index in [1.54, 1.807) is 18.2 Å². The fourth-order valence-electron chi connectivity index (χ4n) is 2.12. The Kier molecular flexibility index (Phi) is 4.93. The number of quaternary nitrogens is 1. The van der Waals surface area contributed by atoms with Crippen LogP contribution in [0, 0.1) is 0 Å². The standard InChI is InChI=1S/C13H16BrN3O2/c14-11-3-4-12(18)10(7-11)8-15-16-13(19)9-17-5-1-2-6-17/h3-4,7-8,18H,1-2,5-6,9H2,(H,16,19)/p+1. The molecule has 0 atom stereocenters. The van der Waals surface area contributed by atoms with Gasteiger partial charge in [0.15, 0.2) is 6.54 Å². The summed E-state index contributed by atoms with van der Waals surface area (Å²) in [5.41, 5.74) is 3.05. The highest BCUT2D eigenvalue weighted by Gasteiger charge is 2.18. The van der Waals surface area contributed by atoms with Crippen LogP contribution in [-0.2, 0) is 4.79 Å². The zero-order valence-corrected chi connectivity index (χ0v) is 12.1. The molecular weight excluding hydrogens is 310 g/mol. The predicted molar refractivity (Wildman–Crippen MR) is 76.3 cm³/mol. The number of hydrogen-bond donors (Lipinski definition) is 3. The Bertz CT molecular complexity index is 485. The van der Waals surface area contributed by atoms with Crippen molar-refractivity contribution in [2.24, 2.45) is 5.10 Å². The third-order valence-corrected chi connectivity index (χ3v) is 3.60. The first-order valence-corrected chi connectivity index (χ1v) is 7.08. The molecule has 0 saturated carbocycles. The maximum atomic E-state index is 11.6. The largest absolute Gasteiger partial charge is 0.507 e. The van der Waals surface area contributed by atoms with E-state index >= 15 is 0 Å². The van der Waals surface area contributed by atoms with Crippen LogP contribution in [0.5, 0.6) is 5.75 Å². The molecule has 1 heterocycles. The second-order valence-electron chi connectivity index (χ2n) is 4.63. The van der Waals surface area contributed by atoms with Gasteiger partial charge in [-0.15, -0.1) is 0 Å². The molecule has 5 nitrogen and oxygen atoms in total. The number of hydrazone groups is 1. The summed E-state index contributed by atoms with van der Waals surface area (Å²) < 4.78 is 0.847. The molecule has 1 saturated heterocycles. The lowest BCUT2D eigenvalue weighted by molar-refractivity contribution is -0.879. The minimum atomic E-state index is -0.0948. The number of phenols is 1. The molecule has 1 aromatic rings. The van der Waals surface area contributed by atoms with E-state index in [1.165, 1.54) is 24.0 Å².